The maximum atomic E-state index is 15.3. The summed E-state index contributed by atoms with van der Waals surface area (Å²) in [7, 11) is -2.42. The second kappa shape index (κ2) is 15.2. The summed E-state index contributed by atoms with van der Waals surface area (Å²) < 4.78 is 87.0. The van der Waals surface area contributed by atoms with E-state index in [1.54, 1.807) is 6.07 Å². The molecular formula is C32H30F4N6O7S. The van der Waals surface area contributed by atoms with Gasteiger partial charge in [-0.25, -0.2) is 17.5 Å². The van der Waals surface area contributed by atoms with Crippen LogP contribution in [0.25, 0.3) is 16.8 Å². The first-order valence-electron chi connectivity index (χ1n) is 14.5. The fourth-order valence-electron chi connectivity index (χ4n) is 4.63. The van der Waals surface area contributed by atoms with E-state index >= 15 is 4.39 Å². The molecule has 0 atom stereocenters. The molecule has 1 aromatic heterocycles. The highest BCUT2D eigenvalue weighted by Crippen LogP contribution is 2.33. The van der Waals surface area contributed by atoms with Crippen molar-refractivity contribution >= 4 is 39.2 Å². The summed E-state index contributed by atoms with van der Waals surface area (Å²) in [5.41, 5.74) is -3.00. The van der Waals surface area contributed by atoms with Gasteiger partial charge in [-0.3, -0.25) is 19.2 Å². The van der Waals surface area contributed by atoms with Gasteiger partial charge < -0.3 is 26.0 Å². The molecule has 0 saturated heterocycles. The number of nitrogens with zero attached hydrogens (tertiary/aromatic N) is 2. The minimum atomic E-state index is -5.04. The van der Waals surface area contributed by atoms with Crippen LogP contribution in [0.5, 0.6) is 5.75 Å². The van der Waals surface area contributed by atoms with E-state index in [1.165, 1.54) is 50.4 Å². The minimum absolute atomic E-state index is 0.0575. The summed E-state index contributed by atoms with van der Waals surface area (Å²) in [5, 5.41) is 13.0. The van der Waals surface area contributed by atoms with Gasteiger partial charge in [-0.2, -0.15) is 18.3 Å². The van der Waals surface area contributed by atoms with Crippen LogP contribution in [0, 0.1) is 5.82 Å². The van der Waals surface area contributed by atoms with Crippen molar-refractivity contribution in [3.63, 3.8) is 0 Å². The molecule has 4 N–H and O–H groups in total. The SMILES string of the molecule is COc1ccc(-n2nc(C(F)(F)F)cc2C(=O)Nc2ccc(-c3ccccc3S(C)(=O)=O)cc2F)c(C(=O)NCC(=O)NCCNC(C)=O)c1. The van der Waals surface area contributed by atoms with Crippen LogP contribution < -0.4 is 26.0 Å². The average molecular weight is 719 g/mol. The van der Waals surface area contributed by atoms with Gasteiger partial charge in [-0.1, -0.05) is 24.3 Å². The first kappa shape index (κ1) is 37.0. The molecular weight excluding hydrogens is 688 g/mol. The number of carbonyl (C=O) groups is 4. The summed E-state index contributed by atoms with van der Waals surface area (Å²) in [6.07, 6.45) is -4.05. The lowest BCUT2D eigenvalue weighted by Gasteiger charge is -2.15. The van der Waals surface area contributed by atoms with Gasteiger partial charge in [-0.15, -0.1) is 0 Å². The molecule has 0 aliphatic rings. The van der Waals surface area contributed by atoms with Crippen molar-refractivity contribution in [2.24, 2.45) is 0 Å². The fourth-order valence-corrected chi connectivity index (χ4v) is 5.54. The predicted octanol–water partition coefficient (Wildman–Crippen LogP) is 3.34. The molecule has 18 heteroatoms. The number of rotatable bonds is 12. The number of hydrogen-bond acceptors (Lipinski definition) is 8. The Balaban J connectivity index is 1.66. The monoisotopic (exact) mass is 718 g/mol. The Kier molecular flexibility index (Phi) is 11.3. The van der Waals surface area contributed by atoms with Gasteiger partial charge in [0.15, 0.2) is 15.5 Å². The summed E-state index contributed by atoms with van der Waals surface area (Å²) in [4.78, 5) is 49.8. The Bertz CT molecular complexity index is 2070. The molecule has 0 aliphatic carbocycles. The lowest BCUT2D eigenvalue weighted by molar-refractivity contribution is -0.141. The molecule has 264 valence electrons. The van der Waals surface area contributed by atoms with Crippen LogP contribution in [-0.4, -0.2) is 74.8 Å². The van der Waals surface area contributed by atoms with Crippen molar-refractivity contribution in [3.8, 4) is 22.6 Å². The number of sulfone groups is 1. The number of carbonyl (C=O) groups excluding carboxylic acids is 4. The third kappa shape index (κ3) is 9.01. The molecule has 4 rings (SSSR count). The quantitative estimate of drug-likeness (QED) is 0.127. The summed E-state index contributed by atoms with van der Waals surface area (Å²) in [6, 6.07) is 13.3. The predicted molar refractivity (Wildman–Crippen MR) is 172 cm³/mol. The van der Waals surface area contributed by atoms with E-state index in [0.717, 1.165) is 24.5 Å². The number of aromatic nitrogens is 2. The van der Waals surface area contributed by atoms with Crippen molar-refractivity contribution in [3.05, 3.63) is 89.5 Å². The van der Waals surface area contributed by atoms with Crippen LogP contribution >= 0.6 is 0 Å². The van der Waals surface area contributed by atoms with Crippen molar-refractivity contribution < 1.29 is 49.9 Å². The maximum Gasteiger partial charge on any atom is 0.435 e. The Morgan fingerprint density at radius 1 is 0.900 bits per heavy atom. The Labute approximate surface area is 282 Å². The molecule has 0 saturated carbocycles. The zero-order valence-corrected chi connectivity index (χ0v) is 27.5. The van der Waals surface area contributed by atoms with Crippen molar-refractivity contribution in [2.45, 2.75) is 18.0 Å². The molecule has 1 heterocycles. The first-order chi connectivity index (χ1) is 23.5. The van der Waals surface area contributed by atoms with Crippen LogP contribution in [0.3, 0.4) is 0 Å². The summed E-state index contributed by atoms with van der Waals surface area (Å²) in [5.74, 6) is -4.05. The largest absolute Gasteiger partial charge is 0.497 e. The topological polar surface area (TPSA) is 178 Å². The highest BCUT2D eigenvalue weighted by atomic mass is 32.2. The van der Waals surface area contributed by atoms with Gasteiger partial charge in [-0.05, 0) is 42.0 Å². The zero-order chi connectivity index (χ0) is 36.8. The molecule has 13 nitrogen and oxygen atoms in total. The fraction of sp³-hybridized carbons (Fsp3) is 0.219. The Morgan fingerprint density at radius 3 is 2.24 bits per heavy atom. The molecule has 0 aliphatic heterocycles. The third-order valence-electron chi connectivity index (χ3n) is 6.95. The number of methoxy groups -OCH3 is 1. The molecule has 0 spiro atoms. The molecule has 0 bridgehead atoms. The second-order valence-corrected chi connectivity index (χ2v) is 12.6. The number of nitrogens with one attached hydrogen (secondary N) is 4. The maximum absolute atomic E-state index is 15.3. The van der Waals surface area contributed by atoms with E-state index in [4.69, 9.17) is 4.74 Å². The van der Waals surface area contributed by atoms with Gasteiger partial charge in [0.05, 0.1) is 35.5 Å². The van der Waals surface area contributed by atoms with E-state index in [0.29, 0.717) is 10.7 Å². The molecule has 4 amide bonds. The highest BCUT2D eigenvalue weighted by Gasteiger charge is 2.37. The number of amides is 4. The zero-order valence-electron chi connectivity index (χ0n) is 26.6. The average Bonchev–Trinajstić information content (AvgIpc) is 3.52. The molecule has 0 radical (unpaired) electrons. The Morgan fingerprint density at radius 2 is 1.60 bits per heavy atom. The smallest absolute Gasteiger partial charge is 0.435 e. The van der Waals surface area contributed by atoms with Crippen LogP contribution in [-0.2, 0) is 25.6 Å². The number of alkyl halides is 3. The standard InChI is InChI=1S/C32H30F4N6O7S/c1-18(43)37-12-13-38-29(44)17-39-30(45)22-15-20(49-2)9-11-25(22)42-26(16-28(41-42)32(34,35)36)31(46)40-24-10-8-19(14-23(24)33)21-6-4-5-7-27(21)50(3,47)48/h4-11,14-16H,12-13,17H2,1-3H3,(H,37,43)(H,38,44)(H,39,45)(H,40,46). The second-order valence-electron chi connectivity index (χ2n) is 10.6. The van der Waals surface area contributed by atoms with E-state index < -0.39 is 63.2 Å². The highest BCUT2D eigenvalue weighted by molar-refractivity contribution is 7.90. The van der Waals surface area contributed by atoms with Crippen LogP contribution in [0.1, 0.15) is 33.5 Å². The first-order valence-corrected chi connectivity index (χ1v) is 16.4. The van der Waals surface area contributed by atoms with Gasteiger partial charge >= 0.3 is 6.18 Å². The van der Waals surface area contributed by atoms with E-state index in [2.05, 4.69) is 26.4 Å². The van der Waals surface area contributed by atoms with Crippen LogP contribution in [0.2, 0.25) is 0 Å². The Hall–Kier alpha value is -5.78. The lowest BCUT2D eigenvalue weighted by Crippen LogP contribution is -2.40. The minimum Gasteiger partial charge on any atom is -0.497 e. The molecule has 3 aromatic carbocycles. The van der Waals surface area contributed by atoms with E-state index in [-0.39, 0.29) is 52.0 Å². The normalized spacial score (nSPS) is 11.4. The molecule has 50 heavy (non-hydrogen) atoms. The number of benzene rings is 3. The van der Waals surface area contributed by atoms with Crippen molar-refractivity contribution in [1.82, 2.24) is 25.7 Å². The number of ether oxygens (including phenoxy) is 1. The number of hydrogen-bond donors (Lipinski definition) is 4. The van der Waals surface area contributed by atoms with Gasteiger partial charge in [0, 0.05) is 37.9 Å². The summed E-state index contributed by atoms with van der Waals surface area (Å²) >= 11 is 0. The molecule has 0 unspecified atom stereocenters. The van der Waals surface area contributed by atoms with Crippen molar-refractivity contribution in [2.75, 3.05) is 38.3 Å². The summed E-state index contributed by atoms with van der Waals surface area (Å²) in [6.45, 7) is 0.925. The van der Waals surface area contributed by atoms with Gasteiger partial charge in [0.1, 0.15) is 17.3 Å². The number of halogens is 4. The van der Waals surface area contributed by atoms with Crippen LogP contribution in [0.15, 0.2) is 71.6 Å². The van der Waals surface area contributed by atoms with Gasteiger partial charge in [0.2, 0.25) is 11.8 Å². The van der Waals surface area contributed by atoms with E-state index in [9.17, 15) is 40.8 Å². The number of anilines is 1. The van der Waals surface area contributed by atoms with Crippen molar-refractivity contribution in [1.29, 1.82) is 0 Å². The van der Waals surface area contributed by atoms with Crippen LogP contribution in [0.4, 0.5) is 23.2 Å². The molecule has 0 fully saturated rings. The third-order valence-corrected chi connectivity index (χ3v) is 8.11. The van der Waals surface area contributed by atoms with Gasteiger partial charge in [0.25, 0.3) is 11.8 Å². The van der Waals surface area contributed by atoms with E-state index in [1.807, 2.05) is 0 Å². The lowest BCUT2D eigenvalue weighted by atomic mass is 10.0. The molecule has 4 aromatic rings.